The number of carbonyl (C=O) groups excluding carboxylic acids is 1. The van der Waals surface area contributed by atoms with Gasteiger partial charge in [0, 0.05) is 28.2 Å². The van der Waals surface area contributed by atoms with Gasteiger partial charge in [-0.15, -0.1) is 0 Å². The topological polar surface area (TPSA) is 22.0 Å². The number of carbonyl (C=O) groups is 1. The van der Waals surface area contributed by atoms with E-state index in [1.807, 2.05) is 24.4 Å². The Kier molecular flexibility index (Phi) is 2.38. The molecule has 2 nitrogen and oxygen atoms in total. The van der Waals surface area contributed by atoms with Gasteiger partial charge < -0.3 is 4.57 Å². The lowest BCUT2D eigenvalue weighted by atomic mass is 10.1. The minimum Gasteiger partial charge on any atom is -0.341 e. The smallest absolute Gasteiger partial charge is 0.161 e. The summed E-state index contributed by atoms with van der Waals surface area (Å²) < 4.78 is 2.17. The van der Waals surface area contributed by atoms with Gasteiger partial charge in [0.15, 0.2) is 5.78 Å². The highest BCUT2D eigenvalue weighted by molar-refractivity contribution is 6.07. The highest BCUT2D eigenvalue weighted by atomic mass is 16.1. The molecule has 0 aliphatic carbocycles. The second-order valence-electron chi connectivity index (χ2n) is 5.16. The van der Waals surface area contributed by atoms with Crippen LogP contribution in [-0.2, 0) is 5.54 Å². The van der Waals surface area contributed by atoms with Crippen LogP contribution in [0.25, 0.3) is 10.9 Å². The van der Waals surface area contributed by atoms with Crippen molar-refractivity contribution >= 4 is 16.7 Å². The molecule has 0 aliphatic heterocycles. The van der Waals surface area contributed by atoms with E-state index in [0.29, 0.717) is 0 Å². The molecule has 0 atom stereocenters. The number of rotatable bonds is 1. The van der Waals surface area contributed by atoms with E-state index in [9.17, 15) is 4.79 Å². The van der Waals surface area contributed by atoms with Crippen LogP contribution in [0.2, 0.25) is 0 Å². The van der Waals surface area contributed by atoms with Gasteiger partial charge in [0.25, 0.3) is 0 Å². The zero-order valence-electron chi connectivity index (χ0n) is 10.2. The maximum Gasteiger partial charge on any atom is 0.161 e. The summed E-state index contributed by atoms with van der Waals surface area (Å²) in [4.78, 5) is 11.6. The largest absolute Gasteiger partial charge is 0.341 e. The number of ketones is 1. The molecule has 0 aliphatic rings. The van der Waals surface area contributed by atoms with Gasteiger partial charge >= 0.3 is 0 Å². The van der Waals surface area contributed by atoms with Gasteiger partial charge in [0.2, 0.25) is 0 Å². The van der Waals surface area contributed by atoms with E-state index in [2.05, 4.69) is 31.4 Å². The number of fused-ring (bicyclic) bond motifs is 1. The fourth-order valence-electron chi connectivity index (χ4n) is 2.02. The van der Waals surface area contributed by atoms with Gasteiger partial charge in [-0.2, -0.15) is 0 Å². The number of aromatic nitrogens is 1. The van der Waals surface area contributed by atoms with Crippen molar-refractivity contribution in [3.05, 3.63) is 36.0 Å². The Morgan fingerprint density at radius 3 is 2.38 bits per heavy atom. The summed E-state index contributed by atoms with van der Waals surface area (Å²) in [6, 6.07) is 8.05. The highest BCUT2D eigenvalue weighted by Crippen LogP contribution is 2.27. The van der Waals surface area contributed by atoms with Gasteiger partial charge in [0.05, 0.1) is 0 Å². The van der Waals surface area contributed by atoms with Crippen LogP contribution in [0.15, 0.2) is 30.5 Å². The summed E-state index contributed by atoms with van der Waals surface area (Å²) in [5, 5.41) is 1.05. The van der Waals surface area contributed by atoms with Crippen LogP contribution in [0.4, 0.5) is 0 Å². The van der Waals surface area contributed by atoms with Crippen molar-refractivity contribution in [2.24, 2.45) is 0 Å². The summed E-state index contributed by atoms with van der Waals surface area (Å²) >= 11 is 0. The summed E-state index contributed by atoms with van der Waals surface area (Å²) in [6.45, 7) is 8.05. The van der Waals surface area contributed by atoms with Gasteiger partial charge in [0.1, 0.15) is 0 Å². The Morgan fingerprint density at radius 2 is 1.81 bits per heavy atom. The number of para-hydroxylation sites is 1. The predicted octanol–water partition coefficient (Wildman–Crippen LogP) is 3.60. The third-order valence-corrected chi connectivity index (χ3v) is 2.81. The SMILES string of the molecule is CC(=O)c1cn(C(C)(C)C)c2ccccc12. The lowest BCUT2D eigenvalue weighted by molar-refractivity contribution is 0.101. The van der Waals surface area contributed by atoms with E-state index in [1.165, 1.54) is 0 Å². The fourth-order valence-corrected chi connectivity index (χ4v) is 2.02. The molecule has 0 saturated carbocycles. The lowest BCUT2D eigenvalue weighted by Gasteiger charge is -2.22. The first-order valence-electron chi connectivity index (χ1n) is 5.53. The number of nitrogens with zero attached hydrogens (tertiary/aromatic N) is 1. The molecule has 2 heteroatoms. The molecule has 0 spiro atoms. The predicted molar refractivity (Wildman–Crippen MR) is 66.9 cm³/mol. The first-order valence-corrected chi connectivity index (χ1v) is 5.53. The van der Waals surface area contributed by atoms with Crippen molar-refractivity contribution in [2.75, 3.05) is 0 Å². The number of benzene rings is 1. The van der Waals surface area contributed by atoms with Gasteiger partial charge in [-0.1, -0.05) is 18.2 Å². The van der Waals surface area contributed by atoms with Crippen LogP contribution >= 0.6 is 0 Å². The summed E-state index contributed by atoms with van der Waals surface area (Å²) in [5.41, 5.74) is 1.93. The molecule has 0 amide bonds. The molecular weight excluding hydrogens is 198 g/mol. The van der Waals surface area contributed by atoms with Crippen LogP contribution in [0.5, 0.6) is 0 Å². The Morgan fingerprint density at radius 1 is 1.19 bits per heavy atom. The van der Waals surface area contributed by atoms with E-state index in [0.717, 1.165) is 16.5 Å². The second kappa shape index (κ2) is 3.48. The summed E-state index contributed by atoms with van der Waals surface area (Å²) in [6.07, 6.45) is 1.97. The molecule has 1 aromatic carbocycles. The molecule has 2 rings (SSSR count). The molecule has 0 fully saturated rings. The Labute approximate surface area is 95.9 Å². The third-order valence-electron chi connectivity index (χ3n) is 2.81. The molecule has 1 aromatic heterocycles. The average Bonchev–Trinajstić information content (AvgIpc) is 2.56. The molecule has 0 radical (unpaired) electrons. The van der Waals surface area contributed by atoms with E-state index >= 15 is 0 Å². The van der Waals surface area contributed by atoms with Gasteiger partial charge in [-0.3, -0.25) is 4.79 Å². The quantitative estimate of drug-likeness (QED) is 0.666. The van der Waals surface area contributed by atoms with E-state index < -0.39 is 0 Å². The van der Waals surface area contributed by atoms with Crippen LogP contribution in [0, 0.1) is 0 Å². The average molecular weight is 215 g/mol. The Bertz CT molecular complexity index is 543. The zero-order valence-corrected chi connectivity index (χ0v) is 10.2. The van der Waals surface area contributed by atoms with Crippen LogP contribution in [-0.4, -0.2) is 10.4 Å². The standard InChI is InChI=1S/C14H17NO/c1-10(16)12-9-15(14(2,3)4)13-8-6-5-7-11(12)13/h5-9H,1-4H3. The van der Waals surface area contributed by atoms with Crippen LogP contribution in [0.3, 0.4) is 0 Å². The molecule has 2 aromatic rings. The Hall–Kier alpha value is -1.57. The molecule has 84 valence electrons. The molecule has 1 heterocycles. The summed E-state index contributed by atoms with van der Waals surface area (Å²) in [5.74, 6) is 0.124. The molecular formula is C14H17NO. The molecule has 0 unspecified atom stereocenters. The first kappa shape index (κ1) is 10.9. The highest BCUT2D eigenvalue weighted by Gasteiger charge is 2.19. The van der Waals surface area contributed by atoms with Gasteiger partial charge in [-0.05, 0) is 33.8 Å². The van der Waals surface area contributed by atoms with E-state index in [4.69, 9.17) is 0 Å². The van der Waals surface area contributed by atoms with Crippen molar-refractivity contribution in [3.63, 3.8) is 0 Å². The normalized spacial score (nSPS) is 12.0. The van der Waals surface area contributed by atoms with Crippen molar-refractivity contribution in [1.82, 2.24) is 4.57 Å². The molecule has 0 bridgehead atoms. The van der Waals surface area contributed by atoms with Crippen LogP contribution < -0.4 is 0 Å². The second-order valence-corrected chi connectivity index (χ2v) is 5.16. The number of hydrogen-bond donors (Lipinski definition) is 0. The van der Waals surface area contributed by atoms with Crippen LogP contribution in [0.1, 0.15) is 38.1 Å². The lowest BCUT2D eigenvalue weighted by Crippen LogP contribution is -2.20. The maximum absolute atomic E-state index is 11.6. The molecule has 0 N–H and O–H groups in total. The first-order chi connectivity index (χ1) is 7.41. The summed E-state index contributed by atoms with van der Waals surface area (Å²) in [7, 11) is 0. The van der Waals surface area contributed by atoms with Crippen molar-refractivity contribution < 1.29 is 4.79 Å². The fraction of sp³-hybridized carbons (Fsp3) is 0.357. The number of hydrogen-bond acceptors (Lipinski definition) is 1. The van der Waals surface area contributed by atoms with Crippen molar-refractivity contribution in [1.29, 1.82) is 0 Å². The van der Waals surface area contributed by atoms with Crippen molar-refractivity contribution in [3.8, 4) is 0 Å². The molecule has 0 saturated heterocycles. The molecule has 16 heavy (non-hydrogen) atoms. The number of Topliss-reactive ketones (excluding diaryl/α,β-unsaturated/α-hetero) is 1. The zero-order chi connectivity index (χ0) is 11.9. The van der Waals surface area contributed by atoms with E-state index in [1.54, 1.807) is 6.92 Å². The van der Waals surface area contributed by atoms with Gasteiger partial charge in [-0.25, -0.2) is 0 Å². The van der Waals surface area contributed by atoms with E-state index in [-0.39, 0.29) is 11.3 Å². The monoisotopic (exact) mass is 215 g/mol. The third kappa shape index (κ3) is 1.64. The minimum absolute atomic E-state index is 0.00664. The minimum atomic E-state index is -0.00664. The van der Waals surface area contributed by atoms with Crippen molar-refractivity contribution in [2.45, 2.75) is 33.2 Å². The Balaban J connectivity index is 2.82. The maximum atomic E-state index is 11.6.